The van der Waals surface area contributed by atoms with E-state index in [1.165, 1.54) is 0 Å². The molecule has 0 unspecified atom stereocenters. The summed E-state index contributed by atoms with van der Waals surface area (Å²) in [6, 6.07) is 0.424. The molecule has 1 N–H and O–H groups in total. The average Bonchev–Trinajstić information content (AvgIpc) is 2.87. The first kappa shape index (κ1) is 13.1. The van der Waals surface area contributed by atoms with Gasteiger partial charge in [-0.2, -0.15) is 9.40 Å². The summed E-state index contributed by atoms with van der Waals surface area (Å²) in [4.78, 5) is 0.395. The summed E-state index contributed by atoms with van der Waals surface area (Å²) in [6.07, 6.45) is 6.31. The van der Waals surface area contributed by atoms with Gasteiger partial charge in [-0.3, -0.25) is 5.10 Å². The second kappa shape index (κ2) is 4.59. The first-order valence-electron chi connectivity index (χ1n) is 7.07. The SMILES string of the molecule is Cc1n[nH]c(C)c1S(=O)(=O)N(C1CCCC1)C1CC1. The smallest absolute Gasteiger partial charge is 0.247 e. The minimum atomic E-state index is -3.40. The molecule has 5 nitrogen and oxygen atoms in total. The first-order chi connectivity index (χ1) is 9.01. The van der Waals surface area contributed by atoms with Crippen molar-refractivity contribution in [2.45, 2.75) is 69.4 Å². The van der Waals surface area contributed by atoms with Crippen LogP contribution in [0.25, 0.3) is 0 Å². The molecule has 0 radical (unpaired) electrons. The number of sulfonamides is 1. The molecule has 0 aromatic carbocycles. The van der Waals surface area contributed by atoms with Gasteiger partial charge < -0.3 is 0 Å². The van der Waals surface area contributed by atoms with Gasteiger partial charge in [0.05, 0.1) is 11.4 Å². The molecule has 2 aliphatic rings. The second-order valence-corrected chi connectivity index (χ2v) is 7.55. The van der Waals surface area contributed by atoms with E-state index < -0.39 is 10.0 Å². The lowest BCUT2D eigenvalue weighted by Crippen LogP contribution is -2.40. The Morgan fingerprint density at radius 3 is 2.16 bits per heavy atom. The van der Waals surface area contributed by atoms with Gasteiger partial charge in [0.25, 0.3) is 0 Å². The van der Waals surface area contributed by atoms with E-state index >= 15 is 0 Å². The number of hydrogen-bond acceptors (Lipinski definition) is 3. The Kier molecular flexibility index (Phi) is 3.17. The molecule has 1 heterocycles. The van der Waals surface area contributed by atoms with Crippen LogP contribution in [0.1, 0.15) is 49.9 Å². The molecule has 2 fully saturated rings. The third-order valence-corrected chi connectivity index (χ3v) is 6.46. The highest BCUT2D eigenvalue weighted by molar-refractivity contribution is 7.89. The molecule has 0 aliphatic heterocycles. The van der Waals surface area contributed by atoms with Gasteiger partial charge in [-0.25, -0.2) is 8.42 Å². The Balaban J connectivity index is 2.01. The Morgan fingerprint density at radius 2 is 1.68 bits per heavy atom. The molecule has 2 saturated carbocycles. The quantitative estimate of drug-likeness (QED) is 0.920. The molecule has 0 amide bonds. The molecule has 19 heavy (non-hydrogen) atoms. The van der Waals surface area contributed by atoms with Gasteiger partial charge in [-0.1, -0.05) is 12.8 Å². The topological polar surface area (TPSA) is 66.1 Å². The summed E-state index contributed by atoms with van der Waals surface area (Å²) in [5.74, 6) is 0. The molecule has 6 heteroatoms. The molecular formula is C13H21N3O2S. The van der Waals surface area contributed by atoms with Crippen molar-refractivity contribution < 1.29 is 8.42 Å². The number of aromatic amines is 1. The van der Waals surface area contributed by atoms with Crippen molar-refractivity contribution >= 4 is 10.0 Å². The van der Waals surface area contributed by atoms with Crippen LogP contribution in [0.4, 0.5) is 0 Å². The maximum absolute atomic E-state index is 13.0. The van der Waals surface area contributed by atoms with Crippen molar-refractivity contribution in [1.29, 1.82) is 0 Å². The van der Waals surface area contributed by atoms with Gasteiger partial charge in [0, 0.05) is 12.1 Å². The number of nitrogens with zero attached hydrogens (tertiary/aromatic N) is 2. The minimum absolute atomic E-state index is 0.200. The predicted octanol–water partition coefficient (Wildman–Crippen LogP) is 2.12. The van der Waals surface area contributed by atoms with E-state index in [1.54, 1.807) is 18.2 Å². The van der Waals surface area contributed by atoms with Crippen LogP contribution in [0.2, 0.25) is 0 Å². The first-order valence-corrected chi connectivity index (χ1v) is 8.51. The van der Waals surface area contributed by atoms with Crippen LogP contribution >= 0.6 is 0 Å². The van der Waals surface area contributed by atoms with Crippen molar-refractivity contribution in [2.24, 2.45) is 0 Å². The number of nitrogens with one attached hydrogen (secondary N) is 1. The molecule has 2 aliphatic carbocycles. The van der Waals surface area contributed by atoms with Gasteiger partial charge in [0.15, 0.2) is 0 Å². The Morgan fingerprint density at radius 1 is 1.11 bits per heavy atom. The van der Waals surface area contributed by atoms with Gasteiger partial charge in [-0.05, 0) is 39.5 Å². The zero-order valence-corrected chi connectivity index (χ0v) is 12.3. The van der Waals surface area contributed by atoms with Gasteiger partial charge in [0.2, 0.25) is 10.0 Å². The summed E-state index contributed by atoms with van der Waals surface area (Å²) in [6.45, 7) is 3.54. The van der Waals surface area contributed by atoms with Crippen molar-refractivity contribution in [2.75, 3.05) is 0 Å². The van der Waals surface area contributed by atoms with Crippen LogP contribution in [-0.4, -0.2) is 35.0 Å². The average molecular weight is 283 g/mol. The fourth-order valence-electron chi connectivity index (χ4n) is 3.20. The summed E-state index contributed by atoms with van der Waals surface area (Å²) in [5.41, 5.74) is 1.24. The second-order valence-electron chi connectivity index (χ2n) is 5.77. The fourth-order valence-corrected chi connectivity index (χ4v) is 5.47. The Bertz CT molecular complexity index is 549. The molecule has 0 bridgehead atoms. The monoisotopic (exact) mass is 283 g/mol. The number of rotatable bonds is 4. The third-order valence-electron chi connectivity index (χ3n) is 4.19. The zero-order valence-electron chi connectivity index (χ0n) is 11.5. The van der Waals surface area contributed by atoms with Crippen LogP contribution in [0, 0.1) is 13.8 Å². The molecular weight excluding hydrogens is 262 g/mol. The number of aryl methyl sites for hydroxylation is 2. The lowest BCUT2D eigenvalue weighted by Gasteiger charge is -2.28. The maximum Gasteiger partial charge on any atom is 0.247 e. The van der Waals surface area contributed by atoms with Crippen LogP contribution in [0.3, 0.4) is 0 Å². The van der Waals surface area contributed by atoms with E-state index in [1.807, 2.05) is 0 Å². The number of aromatic nitrogens is 2. The number of H-pyrrole nitrogens is 1. The van der Waals surface area contributed by atoms with Crippen LogP contribution in [-0.2, 0) is 10.0 Å². The van der Waals surface area contributed by atoms with Gasteiger partial charge in [-0.15, -0.1) is 0 Å². The van der Waals surface area contributed by atoms with Crippen molar-refractivity contribution in [1.82, 2.24) is 14.5 Å². The van der Waals surface area contributed by atoms with Crippen LogP contribution in [0.15, 0.2) is 4.90 Å². The normalized spacial score (nSPS) is 21.4. The van der Waals surface area contributed by atoms with E-state index in [-0.39, 0.29) is 12.1 Å². The lowest BCUT2D eigenvalue weighted by molar-refractivity contribution is 0.314. The highest BCUT2D eigenvalue weighted by atomic mass is 32.2. The van der Waals surface area contributed by atoms with Gasteiger partial charge >= 0.3 is 0 Å². The number of hydrogen-bond donors (Lipinski definition) is 1. The molecule has 106 valence electrons. The Hall–Kier alpha value is -0.880. The largest absolute Gasteiger partial charge is 0.281 e. The molecule has 0 spiro atoms. The molecule has 3 rings (SSSR count). The van der Waals surface area contributed by atoms with Crippen LogP contribution in [0.5, 0.6) is 0 Å². The van der Waals surface area contributed by atoms with Crippen molar-refractivity contribution in [3.63, 3.8) is 0 Å². The van der Waals surface area contributed by atoms with Crippen molar-refractivity contribution in [3.8, 4) is 0 Å². The summed E-state index contributed by atoms with van der Waals surface area (Å²) in [5, 5.41) is 6.83. The van der Waals surface area contributed by atoms with E-state index in [2.05, 4.69) is 10.2 Å². The van der Waals surface area contributed by atoms with E-state index in [0.717, 1.165) is 38.5 Å². The highest BCUT2D eigenvalue weighted by Crippen LogP contribution is 2.39. The minimum Gasteiger partial charge on any atom is -0.281 e. The predicted molar refractivity (Wildman–Crippen MR) is 72.4 cm³/mol. The van der Waals surface area contributed by atoms with Gasteiger partial charge in [0.1, 0.15) is 4.90 Å². The van der Waals surface area contributed by atoms with Crippen LogP contribution < -0.4 is 0 Å². The molecule has 0 saturated heterocycles. The molecule has 1 aromatic rings. The Labute approximate surface area is 114 Å². The van der Waals surface area contributed by atoms with E-state index in [0.29, 0.717) is 16.3 Å². The van der Waals surface area contributed by atoms with Crippen molar-refractivity contribution in [3.05, 3.63) is 11.4 Å². The molecule has 0 atom stereocenters. The zero-order chi connectivity index (χ0) is 13.6. The maximum atomic E-state index is 13.0. The highest BCUT2D eigenvalue weighted by Gasteiger charge is 2.44. The summed E-state index contributed by atoms with van der Waals surface area (Å²) >= 11 is 0. The summed E-state index contributed by atoms with van der Waals surface area (Å²) in [7, 11) is -3.40. The lowest BCUT2D eigenvalue weighted by atomic mass is 10.2. The standard InChI is InChI=1S/C13H21N3O2S/c1-9-13(10(2)15-14-9)19(17,18)16(12-7-8-12)11-5-3-4-6-11/h11-12H,3-8H2,1-2H3,(H,14,15). The summed E-state index contributed by atoms with van der Waals surface area (Å²) < 4.78 is 27.7. The third kappa shape index (κ3) is 2.21. The fraction of sp³-hybridized carbons (Fsp3) is 0.769. The van der Waals surface area contributed by atoms with E-state index in [9.17, 15) is 8.42 Å². The molecule has 1 aromatic heterocycles. The van der Waals surface area contributed by atoms with E-state index in [4.69, 9.17) is 0 Å².